The Morgan fingerprint density at radius 1 is 1.09 bits per heavy atom. The van der Waals surface area contributed by atoms with E-state index in [2.05, 4.69) is 24.4 Å². The zero-order chi connectivity index (χ0) is 15.5. The quantitative estimate of drug-likeness (QED) is 0.699. The monoisotopic (exact) mass is 325 g/mol. The smallest absolute Gasteiger partial charge is 0.168 e. The standard InChI is InChI=1S/C17H15N3S2/c1-11-15(12-6-3-2-4-7-12)20-16(22-11)13-8-5-9-14(10-13)19-17(18)21/h2-10H,1H3,(H3,18,19,21). The Balaban J connectivity index is 1.98. The maximum Gasteiger partial charge on any atom is 0.168 e. The minimum atomic E-state index is 0.262. The number of nitrogens with two attached hydrogens (primary N) is 1. The molecule has 2 aromatic carbocycles. The summed E-state index contributed by atoms with van der Waals surface area (Å²) in [6.07, 6.45) is 0. The number of thiocarbonyl (C=S) groups is 1. The SMILES string of the molecule is Cc1sc(-c2cccc(NC(N)=S)c2)nc1-c1ccccc1. The second kappa shape index (κ2) is 6.25. The normalized spacial score (nSPS) is 10.4. The van der Waals surface area contributed by atoms with Gasteiger partial charge in [0.25, 0.3) is 0 Å². The van der Waals surface area contributed by atoms with Crippen LogP contribution in [0, 0.1) is 6.92 Å². The highest BCUT2D eigenvalue weighted by Gasteiger charge is 2.11. The molecule has 0 fully saturated rings. The Bertz CT molecular complexity index is 810. The Morgan fingerprint density at radius 3 is 2.55 bits per heavy atom. The van der Waals surface area contributed by atoms with E-state index in [1.54, 1.807) is 11.3 Å². The van der Waals surface area contributed by atoms with Gasteiger partial charge in [0, 0.05) is 21.7 Å². The molecule has 0 bridgehead atoms. The molecule has 110 valence electrons. The fourth-order valence-electron chi connectivity index (χ4n) is 2.26. The third-order valence-electron chi connectivity index (χ3n) is 3.22. The summed E-state index contributed by atoms with van der Waals surface area (Å²) in [4.78, 5) is 6.00. The largest absolute Gasteiger partial charge is 0.376 e. The lowest BCUT2D eigenvalue weighted by molar-refractivity contribution is 1.37. The van der Waals surface area contributed by atoms with Crippen molar-refractivity contribution >= 4 is 34.4 Å². The highest BCUT2D eigenvalue weighted by atomic mass is 32.1. The van der Waals surface area contributed by atoms with Gasteiger partial charge in [0.05, 0.1) is 5.69 Å². The van der Waals surface area contributed by atoms with Gasteiger partial charge in [-0.3, -0.25) is 0 Å². The molecule has 1 aromatic heterocycles. The van der Waals surface area contributed by atoms with Crippen LogP contribution in [0.25, 0.3) is 21.8 Å². The van der Waals surface area contributed by atoms with E-state index in [-0.39, 0.29) is 5.11 Å². The summed E-state index contributed by atoms with van der Waals surface area (Å²) in [5, 5.41) is 4.20. The van der Waals surface area contributed by atoms with Crippen LogP contribution in [0.2, 0.25) is 0 Å². The van der Waals surface area contributed by atoms with Gasteiger partial charge in [-0.25, -0.2) is 4.98 Å². The first kappa shape index (κ1) is 14.7. The van der Waals surface area contributed by atoms with Crippen molar-refractivity contribution < 1.29 is 0 Å². The first-order valence-corrected chi connectivity index (χ1v) is 8.06. The summed E-state index contributed by atoms with van der Waals surface area (Å²) in [5.74, 6) is 0. The summed E-state index contributed by atoms with van der Waals surface area (Å²) >= 11 is 6.57. The minimum absolute atomic E-state index is 0.262. The lowest BCUT2D eigenvalue weighted by atomic mass is 10.1. The van der Waals surface area contributed by atoms with Crippen molar-refractivity contribution in [1.82, 2.24) is 4.98 Å². The summed E-state index contributed by atoms with van der Waals surface area (Å²) in [7, 11) is 0. The van der Waals surface area contributed by atoms with Gasteiger partial charge in [0.1, 0.15) is 5.01 Å². The van der Waals surface area contributed by atoms with E-state index in [4.69, 9.17) is 22.9 Å². The van der Waals surface area contributed by atoms with Gasteiger partial charge in [-0.15, -0.1) is 11.3 Å². The van der Waals surface area contributed by atoms with Gasteiger partial charge in [-0.2, -0.15) is 0 Å². The number of hydrogen-bond acceptors (Lipinski definition) is 3. The zero-order valence-electron chi connectivity index (χ0n) is 12.0. The van der Waals surface area contributed by atoms with Crippen molar-refractivity contribution in [1.29, 1.82) is 0 Å². The number of nitrogens with zero attached hydrogens (tertiary/aromatic N) is 1. The summed E-state index contributed by atoms with van der Waals surface area (Å²) in [6.45, 7) is 2.10. The van der Waals surface area contributed by atoms with Crippen LogP contribution in [0.4, 0.5) is 5.69 Å². The lowest BCUT2D eigenvalue weighted by Crippen LogP contribution is -2.18. The molecule has 3 N–H and O–H groups in total. The second-order valence-electron chi connectivity index (χ2n) is 4.86. The van der Waals surface area contributed by atoms with Crippen LogP contribution in [0.1, 0.15) is 4.88 Å². The molecule has 3 rings (SSSR count). The van der Waals surface area contributed by atoms with E-state index in [0.29, 0.717) is 0 Å². The third kappa shape index (κ3) is 3.16. The van der Waals surface area contributed by atoms with Gasteiger partial charge >= 0.3 is 0 Å². The fraction of sp³-hybridized carbons (Fsp3) is 0.0588. The van der Waals surface area contributed by atoms with E-state index in [9.17, 15) is 0 Å². The number of aryl methyl sites for hydroxylation is 1. The van der Waals surface area contributed by atoms with Crippen molar-refractivity contribution in [2.75, 3.05) is 5.32 Å². The maximum atomic E-state index is 5.52. The van der Waals surface area contributed by atoms with Crippen molar-refractivity contribution in [3.05, 3.63) is 59.5 Å². The molecule has 0 aliphatic heterocycles. The highest BCUT2D eigenvalue weighted by molar-refractivity contribution is 7.80. The molecule has 0 unspecified atom stereocenters. The molecular formula is C17H15N3S2. The van der Waals surface area contributed by atoms with Crippen molar-refractivity contribution in [3.63, 3.8) is 0 Å². The second-order valence-corrected chi connectivity index (χ2v) is 6.50. The average molecular weight is 325 g/mol. The minimum Gasteiger partial charge on any atom is -0.376 e. The molecule has 0 aliphatic rings. The van der Waals surface area contributed by atoms with Crippen LogP contribution < -0.4 is 11.1 Å². The zero-order valence-corrected chi connectivity index (χ0v) is 13.7. The summed E-state index contributed by atoms with van der Waals surface area (Å²) in [6, 6.07) is 18.2. The van der Waals surface area contributed by atoms with Crippen molar-refractivity contribution in [2.24, 2.45) is 5.73 Å². The molecular weight excluding hydrogens is 310 g/mol. The number of rotatable bonds is 3. The molecule has 0 amide bonds. The molecule has 22 heavy (non-hydrogen) atoms. The topological polar surface area (TPSA) is 50.9 Å². The molecule has 1 heterocycles. The van der Waals surface area contributed by atoms with Crippen LogP contribution in [0.3, 0.4) is 0 Å². The molecule has 0 spiro atoms. The van der Waals surface area contributed by atoms with Crippen LogP contribution in [0.15, 0.2) is 54.6 Å². The number of aromatic nitrogens is 1. The summed E-state index contributed by atoms with van der Waals surface area (Å²) < 4.78 is 0. The van der Waals surface area contributed by atoms with Crippen LogP contribution in [0.5, 0.6) is 0 Å². The predicted molar refractivity (Wildman–Crippen MR) is 98.1 cm³/mol. The van der Waals surface area contributed by atoms with Gasteiger partial charge in [-0.1, -0.05) is 42.5 Å². The summed E-state index contributed by atoms with van der Waals surface area (Å²) in [5.41, 5.74) is 9.63. The van der Waals surface area contributed by atoms with E-state index in [1.165, 1.54) is 4.88 Å². The third-order valence-corrected chi connectivity index (χ3v) is 4.34. The predicted octanol–water partition coefficient (Wildman–Crippen LogP) is 4.44. The van der Waals surface area contributed by atoms with Gasteiger partial charge < -0.3 is 11.1 Å². The Hall–Kier alpha value is -2.24. The van der Waals surface area contributed by atoms with Crippen molar-refractivity contribution in [3.8, 4) is 21.8 Å². The number of benzene rings is 2. The Kier molecular flexibility index (Phi) is 4.18. The average Bonchev–Trinajstić information content (AvgIpc) is 2.90. The van der Waals surface area contributed by atoms with Crippen LogP contribution >= 0.6 is 23.6 Å². The molecule has 0 atom stereocenters. The molecule has 0 saturated heterocycles. The van der Waals surface area contributed by atoms with E-state index in [0.717, 1.165) is 27.5 Å². The van der Waals surface area contributed by atoms with Gasteiger partial charge in [0.2, 0.25) is 0 Å². The van der Waals surface area contributed by atoms with Crippen LogP contribution in [-0.2, 0) is 0 Å². The first-order valence-electron chi connectivity index (χ1n) is 6.83. The molecule has 0 saturated carbocycles. The lowest BCUT2D eigenvalue weighted by Gasteiger charge is -2.04. The number of nitrogens with one attached hydrogen (secondary N) is 1. The van der Waals surface area contributed by atoms with Gasteiger partial charge in [0.15, 0.2) is 5.11 Å². The molecule has 3 nitrogen and oxygen atoms in total. The number of thiazole rings is 1. The maximum absolute atomic E-state index is 5.52. The van der Waals surface area contributed by atoms with E-state index >= 15 is 0 Å². The molecule has 5 heteroatoms. The van der Waals surface area contributed by atoms with Gasteiger partial charge in [-0.05, 0) is 31.3 Å². The molecule has 0 aliphatic carbocycles. The van der Waals surface area contributed by atoms with E-state index < -0.39 is 0 Å². The Labute approximate surface area is 138 Å². The fourth-order valence-corrected chi connectivity index (χ4v) is 3.31. The van der Waals surface area contributed by atoms with Crippen molar-refractivity contribution in [2.45, 2.75) is 6.92 Å². The molecule has 3 aromatic rings. The Morgan fingerprint density at radius 2 is 1.82 bits per heavy atom. The number of anilines is 1. The van der Waals surface area contributed by atoms with E-state index in [1.807, 2.05) is 42.5 Å². The first-order chi connectivity index (χ1) is 10.6. The number of hydrogen-bond donors (Lipinski definition) is 2. The van der Waals surface area contributed by atoms with Crippen LogP contribution in [-0.4, -0.2) is 10.1 Å². The molecule has 0 radical (unpaired) electrons. The highest BCUT2D eigenvalue weighted by Crippen LogP contribution is 2.33.